The third-order valence-electron chi connectivity index (χ3n) is 2.32. The lowest BCUT2D eigenvalue weighted by atomic mass is 10.3. The summed E-state index contributed by atoms with van der Waals surface area (Å²) in [5.74, 6) is 1.14. The first-order valence-corrected chi connectivity index (χ1v) is 5.74. The lowest BCUT2D eigenvalue weighted by Gasteiger charge is -2.23. The van der Waals surface area contributed by atoms with E-state index in [9.17, 15) is 0 Å². The molecule has 0 bridgehead atoms. The molecule has 16 heavy (non-hydrogen) atoms. The highest BCUT2D eigenvalue weighted by molar-refractivity contribution is 6.31. The summed E-state index contributed by atoms with van der Waals surface area (Å²) in [5.41, 5.74) is 0. The van der Waals surface area contributed by atoms with Crippen molar-refractivity contribution in [2.45, 2.75) is 13.3 Å². The fourth-order valence-electron chi connectivity index (χ4n) is 1.56. The summed E-state index contributed by atoms with van der Waals surface area (Å²) in [4.78, 5) is 10.6. The van der Waals surface area contributed by atoms with Gasteiger partial charge in [0.2, 0.25) is 11.8 Å². The lowest BCUT2D eigenvalue weighted by Crippen LogP contribution is -2.28. The normalized spacial score (nSPS) is 15.2. The van der Waals surface area contributed by atoms with Crippen LogP contribution in [-0.2, 0) is 0 Å². The van der Waals surface area contributed by atoms with Crippen molar-refractivity contribution in [3.63, 3.8) is 0 Å². The molecule has 86 valence electrons. The van der Waals surface area contributed by atoms with Crippen LogP contribution in [0.4, 0.5) is 5.95 Å². The molecule has 0 N–H and O–H groups in total. The van der Waals surface area contributed by atoms with Crippen molar-refractivity contribution >= 4 is 17.5 Å². The Morgan fingerprint density at radius 1 is 1.50 bits per heavy atom. The van der Waals surface area contributed by atoms with Crippen LogP contribution in [0.5, 0.6) is 5.88 Å². The maximum atomic E-state index is 5.93. The van der Waals surface area contributed by atoms with E-state index in [0.29, 0.717) is 23.5 Å². The highest BCUT2D eigenvalue weighted by Crippen LogP contribution is 2.23. The molecule has 0 atom stereocenters. The minimum Gasteiger partial charge on any atom is -0.477 e. The summed E-state index contributed by atoms with van der Waals surface area (Å²) < 4.78 is 5.34. The molecule has 5 heteroatoms. The van der Waals surface area contributed by atoms with Gasteiger partial charge in [-0.05, 0) is 13.3 Å². The fraction of sp³-hybridized carbons (Fsp3) is 0.455. The summed E-state index contributed by atoms with van der Waals surface area (Å²) in [6.07, 6.45) is 6.89. The standard InChI is InChI=1S/C11H14ClN3O/c1-2-16-10-9(12)8-13-11(14-10)15-6-4-3-5-7-15/h3-4,8H,2,5-7H2,1H3. The molecule has 0 fully saturated rings. The van der Waals surface area contributed by atoms with E-state index in [4.69, 9.17) is 16.3 Å². The first-order chi connectivity index (χ1) is 7.81. The van der Waals surface area contributed by atoms with Gasteiger partial charge in [-0.1, -0.05) is 23.8 Å². The molecule has 0 aromatic carbocycles. The Balaban J connectivity index is 2.20. The molecule has 0 amide bonds. The van der Waals surface area contributed by atoms with Gasteiger partial charge in [0.05, 0.1) is 12.8 Å². The highest BCUT2D eigenvalue weighted by Gasteiger charge is 2.13. The van der Waals surface area contributed by atoms with E-state index in [0.717, 1.165) is 19.5 Å². The van der Waals surface area contributed by atoms with Crippen molar-refractivity contribution in [2.24, 2.45) is 0 Å². The molecule has 1 aromatic rings. The van der Waals surface area contributed by atoms with Gasteiger partial charge in [-0.25, -0.2) is 4.98 Å². The average Bonchev–Trinajstić information content (AvgIpc) is 2.33. The zero-order chi connectivity index (χ0) is 11.4. The van der Waals surface area contributed by atoms with Crippen molar-refractivity contribution < 1.29 is 4.74 Å². The second kappa shape index (κ2) is 5.16. The summed E-state index contributed by atoms with van der Waals surface area (Å²) in [5, 5.41) is 0.457. The van der Waals surface area contributed by atoms with Gasteiger partial charge in [-0.3, -0.25) is 0 Å². The van der Waals surface area contributed by atoms with Gasteiger partial charge in [-0.2, -0.15) is 4.98 Å². The van der Waals surface area contributed by atoms with Crippen molar-refractivity contribution in [3.8, 4) is 5.88 Å². The monoisotopic (exact) mass is 239 g/mol. The molecule has 4 nitrogen and oxygen atoms in total. The van der Waals surface area contributed by atoms with Gasteiger partial charge in [0.1, 0.15) is 5.02 Å². The topological polar surface area (TPSA) is 38.2 Å². The average molecular weight is 240 g/mol. The number of ether oxygens (including phenoxy) is 1. The highest BCUT2D eigenvalue weighted by atomic mass is 35.5. The van der Waals surface area contributed by atoms with Gasteiger partial charge in [0.15, 0.2) is 0 Å². The zero-order valence-corrected chi connectivity index (χ0v) is 9.94. The lowest BCUT2D eigenvalue weighted by molar-refractivity contribution is 0.326. The van der Waals surface area contributed by atoms with Crippen LogP contribution < -0.4 is 9.64 Å². The van der Waals surface area contributed by atoms with E-state index in [1.54, 1.807) is 6.20 Å². The Kier molecular flexibility index (Phi) is 3.62. The van der Waals surface area contributed by atoms with E-state index in [1.807, 2.05) is 6.92 Å². The molecule has 2 heterocycles. The van der Waals surface area contributed by atoms with Gasteiger partial charge in [0.25, 0.3) is 0 Å². The third-order valence-corrected chi connectivity index (χ3v) is 2.58. The van der Waals surface area contributed by atoms with Crippen LogP contribution in [0, 0.1) is 0 Å². The van der Waals surface area contributed by atoms with Crippen LogP contribution >= 0.6 is 11.6 Å². The van der Waals surface area contributed by atoms with Gasteiger partial charge in [-0.15, -0.1) is 0 Å². The van der Waals surface area contributed by atoms with Crippen molar-refractivity contribution in [1.29, 1.82) is 0 Å². The van der Waals surface area contributed by atoms with Crippen molar-refractivity contribution in [3.05, 3.63) is 23.4 Å². The number of halogens is 1. The summed E-state index contributed by atoms with van der Waals surface area (Å²) >= 11 is 5.93. The molecule has 0 aliphatic carbocycles. The van der Waals surface area contributed by atoms with E-state index in [2.05, 4.69) is 27.0 Å². The Labute approximate surface area is 99.9 Å². The molecule has 0 saturated carbocycles. The minimum atomic E-state index is 0.457. The van der Waals surface area contributed by atoms with Crippen LogP contribution in [0.25, 0.3) is 0 Å². The quantitative estimate of drug-likeness (QED) is 0.759. The number of aromatic nitrogens is 2. The Hall–Kier alpha value is -1.29. The summed E-state index contributed by atoms with van der Waals surface area (Å²) in [6, 6.07) is 0. The molecule has 2 rings (SSSR count). The fourth-order valence-corrected chi connectivity index (χ4v) is 1.70. The third kappa shape index (κ3) is 2.44. The molecular formula is C11H14ClN3O. The Bertz CT molecular complexity index is 395. The molecule has 0 radical (unpaired) electrons. The smallest absolute Gasteiger partial charge is 0.237 e. The molecule has 1 aliphatic heterocycles. The van der Waals surface area contributed by atoms with Crippen LogP contribution in [0.15, 0.2) is 18.3 Å². The van der Waals surface area contributed by atoms with E-state index >= 15 is 0 Å². The minimum absolute atomic E-state index is 0.457. The SMILES string of the molecule is CCOc1nc(N2CC=CCC2)ncc1Cl. The number of nitrogens with zero attached hydrogens (tertiary/aromatic N) is 3. The van der Waals surface area contributed by atoms with Crippen molar-refractivity contribution in [1.82, 2.24) is 9.97 Å². The molecule has 0 saturated heterocycles. The molecule has 0 unspecified atom stereocenters. The first kappa shape index (κ1) is 11.2. The Morgan fingerprint density at radius 2 is 2.38 bits per heavy atom. The Morgan fingerprint density at radius 3 is 3.06 bits per heavy atom. The zero-order valence-electron chi connectivity index (χ0n) is 9.19. The number of hydrogen-bond acceptors (Lipinski definition) is 4. The predicted octanol–water partition coefficient (Wildman–Crippen LogP) is 2.29. The molecule has 1 aliphatic rings. The van der Waals surface area contributed by atoms with Crippen molar-refractivity contribution in [2.75, 3.05) is 24.6 Å². The van der Waals surface area contributed by atoms with Crippen LogP contribution in [0.1, 0.15) is 13.3 Å². The maximum absolute atomic E-state index is 5.93. The van der Waals surface area contributed by atoms with E-state index < -0.39 is 0 Å². The predicted molar refractivity (Wildman–Crippen MR) is 64.2 cm³/mol. The van der Waals surface area contributed by atoms with Crippen LogP contribution in [-0.4, -0.2) is 29.7 Å². The van der Waals surface area contributed by atoms with Crippen LogP contribution in [0.2, 0.25) is 5.02 Å². The maximum Gasteiger partial charge on any atom is 0.237 e. The number of rotatable bonds is 3. The van der Waals surface area contributed by atoms with E-state index in [-0.39, 0.29) is 0 Å². The second-order valence-electron chi connectivity index (χ2n) is 3.46. The summed E-state index contributed by atoms with van der Waals surface area (Å²) in [6.45, 7) is 4.23. The molecule has 1 aromatic heterocycles. The molecule has 0 spiro atoms. The summed E-state index contributed by atoms with van der Waals surface area (Å²) in [7, 11) is 0. The number of hydrogen-bond donors (Lipinski definition) is 0. The second-order valence-corrected chi connectivity index (χ2v) is 3.87. The van der Waals surface area contributed by atoms with E-state index in [1.165, 1.54) is 0 Å². The van der Waals surface area contributed by atoms with Crippen LogP contribution in [0.3, 0.4) is 0 Å². The first-order valence-electron chi connectivity index (χ1n) is 5.36. The molecular weight excluding hydrogens is 226 g/mol. The van der Waals surface area contributed by atoms with Gasteiger partial charge >= 0.3 is 0 Å². The number of anilines is 1. The van der Waals surface area contributed by atoms with Gasteiger partial charge in [0, 0.05) is 13.1 Å². The van der Waals surface area contributed by atoms with Gasteiger partial charge < -0.3 is 9.64 Å². The largest absolute Gasteiger partial charge is 0.477 e.